The van der Waals surface area contributed by atoms with E-state index >= 15 is 0 Å². The van der Waals surface area contributed by atoms with Gasteiger partial charge >= 0.3 is 0 Å². The summed E-state index contributed by atoms with van der Waals surface area (Å²) in [6, 6.07) is 4.61. The van der Waals surface area contributed by atoms with Crippen molar-refractivity contribution in [3.63, 3.8) is 0 Å². The minimum atomic E-state index is -0.221. The topological polar surface area (TPSA) is 13.1 Å². The van der Waals surface area contributed by atoms with Gasteiger partial charge in [-0.25, -0.2) is 4.39 Å². The summed E-state index contributed by atoms with van der Waals surface area (Å²) in [7, 11) is 0. The van der Waals surface area contributed by atoms with Gasteiger partial charge in [0.25, 0.3) is 0 Å². The molecule has 1 aromatic carbocycles. The van der Waals surface area contributed by atoms with Gasteiger partial charge in [-0.05, 0) is 46.5 Å². The molecule has 2 rings (SSSR count). The molecule has 3 heteroatoms. The fraction of sp³-hybridized carbons (Fsp3) is 0.333. The van der Waals surface area contributed by atoms with Gasteiger partial charge in [-0.1, -0.05) is 13.8 Å². The number of halogens is 2. The molecular weight excluding hydrogens is 259 g/mol. The highest BCUT2D eigenvalue weighted by Crippen LogP contribution is 2.32. The maximum absolute atomic E-state index is 13.1. The molecule has 0 amide bonds. The normalized spacial score (nSPS) is 11.5. The lowest BCUT2D eigenvalue weighted by molar-refractivity contribution is 0.567. The average molecular weight is 271 g/mol. The average Bonchev–Trinajstić information content (AvgIpc) is 2.43. The molecule has 1 heterocycles. The van der Waals surface area contributed by atoms with Crippen molar-refractivity contribution in [2.45, 2.75) is 20.3 Å². The van der Waals surface area contributed by atoms with Crippen LogP contribution in [0.25, 0.3) is 11.0 Å². The van der Waals surface area contributed by atoms with Crippen molar-refractivity contribution < 1.29 is 8.81 Å². The van der Waals surface area contributed by atoms with Crippen LogP contribution in [0.5, 0.6) is 0 Å². The number of fused-ring (bicyclic) bond motifs is 1. The molecule has 0 N–H and O–H groups in total. The Morgan fingerprint density at radius 2 is 2.13 bits per heavy atom. The number of benzene rings is 1. The van der Waals surface area contributed by atoms with Gasteiger partial charge < -0.3 is 4.42 Å². The van der Waals surface area contributed by atoms with Gasteiger partial charge in [0.15, 0.2) is 4.67 Å². The molecule has 15 heavy (non-hydrogen) atoms. The largest absolute Gasteiger partial charge is 0.449 e. The van der Waals surface area contributed by atoms with Gasteiger partial charge in [-0.3, -0.25) is 0 Å². The molecule has 0 saturated heterocycles. The predicted octanol–water partition coefficient (Wildman–Crippen LogP) is 4.53. The third-order valence-electron chi connectivity index (χ3n) is 2.32. The fourth-order valence-electron chi connectivity index (χ4n) is 1.69. The van der Waals surface area contributed by atoms with Crippen molar-refractivity contribution in [3.8, 4) is 0 Å². The summed E-state index contributed by atoms with van der Waals surface area (Å²) in [5.74, 6) is 0.297. The lowest BCUT2D eigenvalue weighted by atomic mass is 10.0. The molecule has 2 aromatic rings. The van der Waals surface area contributed by atoms with Gasteiger partial charge in [-0.15, -0.1) is 0 Å². The molecule has 0 aliphatic rings. The van der Waals surface area contributed by atoms with Crippen LogP contribution in [-0.4, -0.2) is 0 Å². The third kappa shape index (κ3) is 2.07. The summed E-state index contributed by atoms with van der Waals surface area (Å²) in [5.41, 5.74) is 1.79. The van der Waals surface area contributed by atoms with Crippen LogP contribution in [0.15, 0.2) is 27.3 Å². The monoisotopic (exact) mass is 270 g/mol. The van der Waals surface area contributed by atoms with Crippen molar-refractivity contribution in [1.82, 2.24) is 0 Å². The zero-order valence-corrected chi connectivity index (χ0v) is 10.3. The van der Waals surface area contributed by atoms with Crippen LogP contribution >= 0.6 is 15.9 Å². The third-order valence-corrected chi connectivity index (χ3v) is 2.96. The minimum absolute atomic E-state index is 0.221. The van der Waals surface area contributed by atoms with Crippen LogP contribution in [0.2, 0.25) is 0 Å². The van der Waals surface area contributed by atoms with Crippen LogP contribution < -0.4 is 0 Å². The highest BCUT2D eigenvalue weighted by atomic mass is 79.9. The van der Waals surface area contributed by atoms with Crippen molar-refractivity contribution in [2.75, 3.05) is 0 Å². The van der Waals surface area contributed by atoms with Crippen LogP contribution in [0.3, 0.4) is 0 Å². The van der Waals surface area contributed by atoms with E-state index in [0.29, 0.717) is 5.92 Å². The maximum Gasteiger partial charge on any atom is 0.173 e. The van der Waals surface area contributed by atoms with Gasteiger partial charge in [0.1, 0.15) is 11.4 Å². The highest BCUT2D eigenvalue weighted by molar-refractivity contribution is 9.10. The molecule has 0 unspecified atom stereocenters. The van der Waals surface area contributed by atoms with Crippen molar-refractivity contribution in [3.05, 3.63) is 34.2 Å². The molecule has 0 atom stereocenters. The van der Waals surface area contributed by atoms with Crippen LogP contribution in [-0.2, 0) is 6.42 Å². The van der Waals surface area contributed by atoms with E-state index in [0.717, 1.165) is 27.6 Å². The Labute approximate surface area is 96.4 Å². The van der Waals surface area contributed by atoms with Crippen LogP contribution in [0.4, 0.5) is 4.39 Å². The first-order valence-corrected chi connectivity index (χ1v) is 5.73. The van der Waals surface area contributed by atoms with E-state index in [1.54, 1.807) is 6.07 Å². The second-order valence-electron chi connectivity index (χ2n) is 4.09. The lowest BCUT2D eigenvalue weighted by Gasteiger charge is -2.02. The Balaban J connectivity index is 2.60. The quantitative estimate of drug-likeness (QED) is 0.781. The summed E-state index contributed by atoms with van der Waals surface area (Å²) in [6.07, 6.45) is 0.886. The standard InChI is InChI=1S/C12H12BrFO/c1-7(2)5-10-9-6-8(14)3-4-11(9)15-12(10)13/h3-4,6-7H,5H2,1-2H3. The molecule has 1 aromatic heterocycles. The van der Waals surface area contributed by atoms with Gasteiger partial charge in [0.2, 0.25) is 0 Å². The molecule has 0 aliphatic carbocycles. The predicted molar refractivity (Wildman–Crippen MR) is 62.4 cm³/mol. The summed E-state index contributed by atoms with van der Waals surface area (Å²) in [4.78, 5) is 0. The first kappa shape index (κ1) is 10.7. The Morgan fingerprint density at radius 3 is 2.80 bits per heavy atom. The zero-order chi connectivity index (χ0) is 11.0. The van der Waals surface area contributed by atoms with Crippen molar-refractivity contribution in [2.24, 2.45) is 5.92 Å². The molecule has 0 saturated carbocycles. The fourth-order valence-corrected chi connectivity index (χ4v) is 2.24. The van der Waals surface area contributed by atoms with E-state index in [9.17, 15) is 4.39 Å². The molecule has 0 fully saturated rings. The van der Waals surface area contributed by atoms with E-state index in [4.69, 9.17) is 4.42 Å². The molecule has 0 aliphatic heterocycles. The Kier molecular flexibility index (Phi) is 2.83. The van der Waals surface area contributed by atoms with E-state index < -0.39 is 0 Å². The second kappa shape index (κ2) is 3.97. The number of hydrogen-bond acceptors (Lipinski definition) is 1. The summed E-state index contributed by atoms with van der Waals surface area (Å²) in [5, 5.41) is 0.871. The SMILES string of the molecule is CC(C)Cc1c(Br)oc2ccc(F)cc12. The Morgan fingerprint density at radius 1 is 1.40 bits per heavy atom. The van der Waals surface area contributed by atoms with Gasteiger partial charge in [-0.2, -0.15) is 0 Å². The minimum Gasteiger partial charge on any atom is -0.449 e. The molecule has 1 nitrogen and oxygen atoms in total. The Hall–Kier alpha value is -0.830. The van der Waals surface area contributed by atoms with E-state index in [1.165, 1.54) is 12.1 Å². The van der Waals surface area contributed by atoms with Crippen LogP contribution in [0, 0.1) is 11.7 Å². The summed E-state index contributed by atoms with van der Waals surface area (Å²) >= 11 is 3.37. The summed E-state index contributed by atoms with van der Waals surface area (Å²) in [6.45, 7) is 4.26. The number of rotatable bonds is 2. The maximum atomic E-state index is 13.1. The highest BCUT2D eigenvalue weighted by Gasteiger charge is 2.13. The van der Waals surface area contributed by atoms with Crippen LogP contribution in [0.1, 0.15) is 19.4 Å². The Bertz CT molecular complexity index is 488. The van der Waals surface area contributed by atoms with E-state index in [1.807, 2.05) is 0 Å². The smallest absolute Gasteiger partial charge is 0.173 e. The van der Waals surface area contributed by atoms with Crippen molar-refractivity contribution in [1.29, 1.82) is 0 Å². The first-order valence-electron chi connectivity index (χ1n) is 4.94. The van der Waals surface area contributed by atoms with E-state index in [-0.39, 0.29) is 5.82 Å². The van der Waals surface area contributed by atoms with Gasteiger partial charge in [0, 0.05) is 10.9 Å². The second-order valence-corrected chi connectivity index (χ2v) is 4.81. The summed E-state index contributed by atoms with van der Waals surface area (Å²) < 4.78 is 19.3. The van der Waals surface area contributed by atoms with E-state index in [2.05, 4.69) is 29.8 Å². The van der Waals surface area contributed by atoms with Crippen molar-refractivity contribution >= 4 is 26.9 Å². The molecule has 0 spiro atoms. The molecule has 80 valence electrons. The number of hydrogen-bond donors (Lipinski definition) is 0. The zero-order valence-electron chi connectivity index (χ0n) is 8.68. The molecular formula is C12H12BrFO. The first-order chi connectivity index (χ1) is 7.08. The molecule has 0 radical (unpaired) electrons. The molecule has 0 bridgehead atoms. The number of furan rings is 1. The van der Waals surface area contributed by atoms with Gasteiger partial charge in [0.05, 0.1) is 0 Å². The lowest BCUT2D eigenvalue weighted by Crippen LogP contribution is -1.93.